The van der Waals surface area contributed by atoms with E-state index < -0.39 is 17.7 Å². The second-order valence-electron chi connectivity index (χ2n) is 8.87. The zero-order valence-corrected chi connectivity index (χ0v) is 24.1. The van der Waals surface area contributed by atoms with Crippen LogP contribution in [0.15, 0.2) is 92.9 Å². The van der Waals surface area contributed by atoms with Crippen LogP contribution in [0.3, 0.4) is 0 Å². The molecule has 1 amide bonds. The Hall–Kier alpha value is -4.48. The molecule has 1 aromatic heterocycles. The van der Waals surface area contributed by atoms with Crippen LogP contribution in [0.1, 0.15) is 26.4 Å². The summed E-state index contributed by atoms with van der Waals surface area (Å²) in [7, 11) is 0. The average Bonchev–Trinajstić information content (AvgIpc) is 3.60. The maximum Gasteiger partial charge on any atom is 0.343 e. The summed E-state index contributed by atoms with van der Waals surface area (Å²) in [6.07, 6.45) is 1.35. The van der Waals surface area contributed by atoms with Gasteiger partial charge in [-0.2, -0.15) is 5.10 Å². The molecule has 2 N–H and O–H groups in total. The number of nitrogens with zero attached hydrogens (tertiary/aromatic N) is 1. The number of H-pyrrole nitrogens is 1. The Balaban J connectivity index is 1.28. The highest BCUT2D eigenvalue weighted by atomic mass is 79.9. The molecule has 0 spiro atoms. The molecule has 4 aromatic carbocycles. The lowest BCUT2D eigenvalue weighted by Gasteiger charge is -2.11. The number of aromatic amines is 1. The molecule has 0 atom stereocenters. The van der Waals surface area contributed by atoms with Crippen molar-refractivity contribution in [3.8, 4) is 28.4 Å². The van der Waals surface area contributed by atoms with Crippen molar-refractivity contribution in [2.45, 2.75) is 0 Å². The third kappa shape index (κ3) is 5.33. The van der Waals surface area contributed by atoms with E-state index in [-0.39, 0.29) is 29.3 Å². The van der Waals surface area contributed by atoms with E-state index in [1.165, 1.54) is 12.3 Å². The van der Waals surface area contributed by atoms with E-state index >= 15 is 0 Å². The van der Waals surface area contributed by atoms with Crippen molar-refractivity contribution in [2.24, 2.45) is 5.10 Å². The Morgan fingerprint density at radius 2 is 1.78 bits per heavy atom. The van der Waals surface area contributed by atoms with Gasteiger partial charge in [0, 0.05) is 21.0 Å². The molecule has 1 aliphatic heterocycles. The first kappa shape index (κ1) is 26.7. The van der Waals surface area contributed by atoms with Crippen molar-refractivity contribution in [1.29, 1.82) is 0 Å². The molecule has 0 aliphatic carbocycles. The number of halogens is 3. The van der Waals surface area contributed by atoms with Crippen molar-refractivity contribution in [3.63, 3.8) is 0 Å². The van der Waals surface area contributed by atoms with Gasteiger partial charge in [0.2, 0.25) is 6.79 Å². The number of para-hydroxylation sites is 1. The number of hydrogen-bond donors (Lipinski definition) is 2. The minimum absolute atomic E-state index is 0.0821. The van der Waals surface area contributed by atoms with E-state index in [0.717, 1.165) is 5.56 Å². The number of carbonyl (C=O) groups is 2. The Kier molecular flexibility index (Phi) is 7.29. The van der Waals surface area contributed by atoms with Crippen LogP contribution < -0.4 is 19.6 Å². The van der Waals surface area contributed by atoms with E-state index in [9.17, 15) is 14.0 Å². The van der Waals surface area contributed by atoms with Crippen molar-refractivity contribution in [2.75, 3.05) is 6.79 Å². The SMILES string of the molecule is O=C(Oc1c(Br)cc(Br)cc1C=NNC(=O)c1[nH]c2c(F)cccc2c1-c1ccccc1)c1ccc2c(c1)OCO2. The molecule has 0 radical (unpaired) electrons. The third-order valence-electron chi connectivity index (χ3n) is 6.28. The first-order valence-corrected chi connectivity index (χ1v) is 13.8. The Labute approximate surface area is 249 Å². The Morgan fingerprint density at radius 3 is 2.61 bits per heavy atom. The van der Waals surface area contributed by atoms with Gasteiger partial charge < -0.3 is 19.2 Å². The van der Waals surface area contributed by atoms with Crippen molar-refractivity contribution in [3.05, 3.63) is 110 Å². The first-order chi connectivity index (χ1) is 19.9. The Morgan fingerprint density at radius 1 is 0.976 bits per heavy atom. The quantitative estimate of drug-likeness (QED) is 0.0856. The summed E-state index contributed by atoms with van der Waals surface area (Å²) < 4.78 is 32.1. The molecule has 8 nitrogen and oxygen atoms in total. The molecule has 41 heavy (non-hydrogen) atoms. The molecule has 0 saturated heterocycles. The van der Waals surface area contributed by atoms with Crippen molar-refractivity contribution in [1.82, 2.24) is 10.4 Å². The molecule has 6 rings (SSSR count). The fraction of sp³-hybridized carbons (Fsp3) is 0.0333. The normalized spacial score (nSPS) is 12.2. The van der Waals surface area contributed by atoms with Crippen LogP contribution in [-0.4, -0.2) is 29.9 Å². The minimum atomic E-state index is -0.627. The van der Waals surface area contributed by atoms with Crippen molar-refractivity contribution < 1.29 is 28.2 Å². The zero-order valence-electron chi connectivity index (χ0n) is 20.9. The molecule has 5 aromatic rings. The summed E-state index contributed by atoms with van der Waals surface area (Å²) in [5.74, 6) is -0.503. The molecule has 0 unspecified atom stereocenters. The highest BCUT2D eigenvalue weighted by Crippen LogP contribution is 2.36. The Bertz CT molecular complexity index is 1860. The molecule has 0 saturated carbocycles. The summed E-state index contributed by atoms with van der Waals surface area (Å²) in [4.78, 5) is 29.1. The second-order valence-corrected chi connectivity index (χ2v) is 10.6. The lowest BCUT2D eigenvalue weighted by molar-refractivity contribution is 0.0732. The molecule has 2 heterocycles. The van der Waals surface area contributed by atoms with Crippen molar-refractivity contribution >= 4 is 60.9 Å². The molecule has 1 aliphatic rings. The predicted molar refractivity (Wildman–Crippen MR) is 158 cm³/mol. The number of amides is 1. The van der Waals surface area contributed by atoms with Crippen LogP contribution in [0.2, 0.25) is 0 Å². The number of benzene rings is 4. The van der Waals surface area contributed by atoms with Gasteiger partial charge in [0.05, 0.1) is 21.8 Å². The summed E-state index contributed by atoms with van der Waals surface area (Å²) in [6.45, 7) is 0.0821. The molecule has 0 bridgehead atoms. The summed E-state index contributed by atoms with van der Waals surface area (Å²) >= 11 is 6.85. The lowest BCUT2D eigenvalue weighted by atomic mass is 10.0. The fourth-order valence-electron chi connectivity index (χ4n) is 4.43. The van der Waals surface area contributed by atoms with Gasteiger partial charge in [-0.05, 0) is 57.9 Å². The second kappa shape index (κ2) is 11.2. The van der Waals surface area contributed by atoms with Gasteiger partial charge in [-0.15, -0.1) is 0 Å². The molecule has 11 heteroatoms. The number of ether oxygens (including phenoxy) is 3. The number of hydrogen-bond acceptors (Lipinski definition) is 6. The molecular formula is C30H18Br2FN3O5. The monoisotopic (exact) mass is 677 g/mol. The topological polar surface area (TPSA) is 102 Å². The van der Waals surface area contributed by atoms with Crippen LogP contribution in [0.5, 0.6) is 17.2 Å². The average molecular weight is 679 g/mol. The number of fused-ring (bicyclic) bond motifs is 2. The van der Waals surface area contributed by atoms with Crippen LogP contribution in [0.4, 0.5) is 4.39 Å². The first-order valence-electron chi connectivity index (χ1n) is 12.2. The number of rotatable bonds is 6. The number of carbonyl (C=O) groups excluding carboxylic acids is 2. The van der Waals surface area contributed by atoms with Gasteiger partial charge in [0.15, 0.2) is 17.2 Å². The summed E-state index contributed by atoms with van der Waals surface area (Å²) in [5.41, 5.74) is 4.81. The van der Waals surface area contributed by atoms with Gasteiger partial charge >= 0.3 is 5.97 Å². The van der Waals surface area contributed by atoms with Gasteiger partial charge in [0.25, 0.3) is 5.91 Å². The van der Waals surface area contributed by atoms with E-state index in [0.29, 0.717) is 37.0 Å². The number of aromatic nitrogens is 1. The number of esters is 1. The van der Waals surface area contributed by atoms with E-state index in [1.807, 2.05) is 30.3 Å². The molecular weight excluding hydrogens is 661 g/mol. The van der Waals surface area contributed by atoms with Crippen LogP contribution in [0, 0.1) is 5.82 Å². The number of nitrogens with one attached hydrogen (secondary N) is 2. The van der Waals surface area contributed by atoms with Crippen LogP contribution in [-0.2, 0) is 0 Å². The maximum atomic E-state index is 14.6. The summed E-state index contributed by atoms with van der Waals surface area (Å²) in [5, 5.41) is 4.68. The highest BCUT2D eigenvalue weighted by molar-refractivity contribution is 9.11. The van der Waals surface area contributed by atoms with Crippen LogP contribution in [0.25, 0.3) is 22.0 Å². The van der Waals surface area contributed by atoms with Gasteiger partial charge in [-0.1, -0.05) is 58.4 Å². The standard InChI is InChI=1S/C30H18Br2FN3O5/c31-19-11-18(28(21(32)13-19)41-30(38)17-9-10-23-24(12-17)40-15-39-23)14-34-36-29(37)27-25(16-5-2-1-3-6-16)20-7-4-8-22(33)26(20)35-27/h1-14,35H,15H2,(H,36,37). The van der Waals surface area contributed by atoms with E-state index in [2.05, 4.69) is 47.4 Å². The molecule has 204 valence electrons. The van der Waals surface area contributed by atoms with Crippen LogP contribution >= 0.6 is 31.9 Å². The predicted octanol–water partition coefficient (Wildman–Crippen LogP) is 7.21. The summed E-state index contributed by atoms with van der Waals surface area (Å²) in [6, 6.07) is 22.0. The lowest BCUT2D eigenvalue weighted by Crippen LogP contribution is -2.19. The third-order valence-corrected chi connectivity index (χ3v) is 7.33. The van der Waals surface area contributed by atoms with Gasteiger partial charge in [-0.3, -0.25) is 4.79 Å². The smallest absolute Gasteiger partial charge is 0.343 e. The number of hydrazone groups is 1. The fourth-order valence-corrected chi connectivity index (χ4v) is 5.77. The highest BCUT2D eigenvalue weighted by Gasteiger charge is 2.22. The maximum absolute atomic E-state index is 14.6. The largest absolute Gasteiger partial charge is 0.454 e. The molecule has 0 fully saturated rings. The van der Waals surface area contributed by atoms with Gasteiger partial charge in [-0.25, -0.2) is 14.6 Å². The van der Waals surface area contributed by atoms with E-state index in [1.54, 1.807) is 42.5 Å². The van der Waals surface area contributed by atoms with Gasteiger partial charge in [0.1, 0.15) is 11.5 Å². The zero-order chi connectivity index (χ0) is 28.5. The van der Waals surface area contributed by atoms with E-state index in [4.69, 9.17) is 14.2 Å². The minimum Gasteiger partial charge on any atom is -0.454 e.